The minimum absolute atomic E-state index is 0.112. The van der Waals surface area contributed by atoms with E-state index in [1.165, 1.54) is 25.2 Å². The molecule has 0 aliphatic heterocycles. The van der Waals surface area contributed by atoms with Crippen molar-refractivity contribution < 1.29 is 17.2 Å². The SMILES string of the molecule is CNS(=O)(=O)c1ccc(CNCc2ccc(F)cc2)o1. The molecule has 0 saturated carbocycles. The van der Waals surface area contributed by atoms with E-state index >= 15 is 0 Å². The van der Waals surface area contributed by atoms with Crippen LogP contribution in [-0.4, -0.2) is 15.5 Å². The lowest BCUT2D eigenvalue weighted by Crippen LogP contribution is -2.17. The van der Waals surface area contributed by atoms with E-state index in [1.54, 1.807) is 18.2 Å². The highest BCUT2D eigenvalue weighted by Crippen LogP contribution is 2.13. The van der Waals surface area contributed by atoms with Gasteiger partial charge in [-0.3, -0.25) is 0 Å². The van der Waals surface area contributed by atoms with Crippen LogP contribution in [0.25, 0.3) is 0 Å². The normalized spacial score (nSPS) is 11.7. The molecule has 0 fully saturated rings. The van der Waals surface area contributed by atoms with E-state index in [0.29, 0.717) is 18.8 Å². The molecule has 5 nitrogen and oxygen atoms in total. The molecular weight excluding hydrogens is 283 g/mol. The fourth-order valence-electron chi connectivity index (χ4n) is 1.63. The summed E-state index contributed by atoms with van der Waals surface area (Å²) in [7, 11) is -2.22. The Morgan fingerprint density at radius 2 is 1.80 bits per heavy atom. The van der Waals surface area contributed by atoms with Crippen LogP contribution in [0.2, 0.25) is 0 Å². The van der Waals surface area contributed by atoms with Crippen molar-refractivity contribution in [1.82, 2.24) is 10.0 Å². The summed E-state index contributed by atoms with van der Waals surface area (Å²) >= 11 is 0. The van der Waals surface area contributed by atoms with Gasteiger partial charge in [-0.25, -0.2) is 17.5 Å². The summed E-state index contributed by atoms with van der Waals surface area (Å²) in [6.45, 7) is 0.922. The van der Waals surface area contributed by atoms with Crippen LogP contribution in [0.1, 0.15) is 11.3 Å². The number of hydrogen-bond donors (Lipinski definition) is 2. The van der Waals surface area contributed by atoms with Gasteiger partial charge in [0.05, 0.1) is 6.54 Å². The molecule has 0 saturated heterocycles. The highest BCUT2D eigenvalue weighted by atomic mass is 32.2. The fraction of sp³-hybridized carbons (Fsp3) is 0.231. The highest BCUT2D eigenvalue weighted by molar-refractivity contribution is 7.89. The summed E-state index contributed by atoms with van der Waals surface area (Å²) in [5.74, 6) is 0.239. The molecule has 2 aromatic rings. The maximum absolute atomic E-state index is 12.7. The van der Waals surface area contributed by atoms with Crippen LogP contribution in [0.15, 0.2) is 45.9 Å². The minimum Gasteiger partial charge on any atom is -0.447 e. The van der Waals surface area contributed by atoms with Gasteiger partial charge in [0.25, 0.3) is 10.0 Å². The molecule has 0 amide bonds. The largest absolute Gasteiger partial charge is 0.447 e. The average molecular weight is 298 g/mol. The molecule has 108 valence electrons. The average Bonchev–Trinajstić information content (AvgIpc) is 2.91. The zero-order chi connectivity index (χ0) is 14.6. The van der Waals surface area contributed by atoms with E-state index in [2.05, 4.69) is 10.0 Å². The van der Waals surface area contributed by atoms with Gasteiger partial charge in [-0.05, 0) is 36.9 Å². The van der Waals surface area contributed by atoms with Gasteiger partial charge in [0.1, 0.15) is 11.6 Å². The Hall–Kier alpha value is -1.70. The Labute approximate surface area is 116 Å². The Morgan fingerprint density at radius 1 is 1.10 bits per heavy atom. The summed E-state index contributed by atoms with van der Waals surface area (Å²) in [6.07, 6.45) is 0. The second-order valence-corrected chi connectivity index (χ2v) is 5.98. The van der Waals surface area contributed by atoms with Crippen LogP contribution in [0, 0.1) is 5.82 Å². The second kappa shape index (κ2) is 6.17. The second-order valence-electron chi connectivity index (χ2n) is 4.16. The number of hydrogen-bond acceptors (Lipinski definition) is 4. The van der Waals surface area contributed by atoms with Crippen molar-refractivity contribution in [3.05, 3.63) is 53.5 Å². The first kappa shape index (κ1) is 14.7. The molecule has 0 aliphatic rings. The van der Waals surface area contributed by atoms with Gasteiger partial charge in [0.15, 0.2) is 0 Å². The molecule has 20 heavy (non-hydrogen) atoms. The third kappa shape index (κ3) is 3.66. The van der Waals surface area contributed by atoms with Crippen molar-refractivity contribution in [3.63, 3.8) is 0 Å². The van der Waals surface area contributed by atoms with Crippen molar-refractivity contribution in [1.29, 1.82) is 0 Å². The van der Waals surface area contributed by atoms with Crippen LogP contribution in [0.5, 0.6) is 0 Å². The molecule has 0 spiro atoms. The van der Waals surface area contributed by atoms with Crippen molar-refractivity contribution in [3.8, 4) is 0 Å². The van der Waals surface area contributed by atoms with Gasteiger partial charge in [-0.2, -0.15) is 0 Å². The van der Waals surface area contributed by atoms with Gasteiger partial charge in [-0.1, -0.05) is 12.1 Å². The summed E-state index contributed by atoms with van der Waals surface area (Å²) in [5, 5.41) is 2.98. The van der Waals surface area contributed by atoms with E-state index in [9.17, 15) is 12.8 Å². The summed E-state index contributed by atoms with van der Waals surface area (Å²) in [6, 6.07) is 9.15. The molecule has 1 aromatic carbocycles. The molecule has 0 atom stereocenters. The van der Waals surface area contributed by atoms with Gasteiger partial charge >= 0.3 is 0 Å². The first-order valence-electron chi connectivity index (χ1n) is 5.99. The number of halogens is 1. The maximum Gasteiger partial charge on any atom is 0.273 e. The molecule has 2 rings (SSSR count). The number of rotatable bonds is 6. The molecule has 0 unspecified atom stereocenters. The molecule has 1 heterocycles. The van der Waals surface area contributed by atoms with Gasteiger partial charge in [-0.15, -0.1) is 0 Å². The van der Waals surface area contributed by atoms with Crippen molar-refractivity contribution in [2.24, 2.45) is 0 Å². The lowest BCUT2D eigenvalue weighted by molar-refractivity contribution is 0.400. The molecule has 7 heteroatoms. The minimum atomic E-state index is -3.55. The predicted octanol–water partition coefficient (Wildman–Crippen LogP) is 1.62. The molecule has 1 aromatic heterocycles. The quantitative estimate of drug-likeness (QED) is 0.850. The summed E-state index contributed by atoms with van der Waals surface area (Å²) < 4.78 is 43.1. The number of sulfonamides is 1. The van der Waals surface area contributed by atoms with E-state index in [4.69, 9.17) is 4.42 Å². The Morgan fingerprint density at radius 3 is 2.45 bits per heavy atom. The van der Waals surface area contributed by atoms with E-state index in [1.807, 2.05) is 0 Å². The first-order chi connectivity index (χ1) is 9.51. The van der Waals surface area contributed by atoms with E-state index < -0.39 is 10.0 Å². The highest BCUT2D eigenvalue weighted by Gasteiger charge is 2.15. The zero-order valence-electron chi connectivity index (χ0n) is 10.9. The Bertz CT molecular complexity index is 665. The fourth-order valence-corrected chi connectivity index (χ4v) is 2.30. The molecular formula is C13H15FN2O3S. The van der Waals surface area contributed by atoms with Gasteiger partial charge < -0.3 is 9.73 Å². The molecule has 0 aliphatic carbocycles. The Balaban J connectivity index is 1.90. The summed E-state index contributed by atoms with van der Waals surface area (Å²) in [4.78, 5) is 0. The predicted molar refractivity (Wildman–Crippen MR) is 71.9 cm³/mol. The van der Waals surface area contributed by atoms with Crippen LogP contribution in [0.4, 0.5) is 4.39 Å². The smallest absolute Gasteiger partial charge is 0.273 e. The summed E-state index contributed by atoms with van der Waals surface area (Å²) in [5.41, 5.74) is 0.932. The number of furan rings is 1. The van der Waals surface area contributed by atoms with Crippen molar-refractivity contribution in [2.45, 2.75) is 18.2 Å². The lowest BCUT2D eigenvalue weighted by Gasteiger charge is -2.03. The van der Waals surface area contributed by atoms with Gasteiger partial charge in [0.2, 0.25) is 5.09 Å². The van der Waals surface area contributed by atoms with Crippen LogP contribution >= 0.6 is 0 Å². The van der Waals surface area contributed by atoms with E-state index in [-0.39, 0.29) is 10.9 Å². The third-order valence-electron chi connectivity index (χ3n) is 2.71. The number of nitrogens with one attached hydrogen (secondary N) is 2. The lowest BCUT2D eigenvalue weighted by atomic mass is 10.2. The van der Waals surface area contributed by atoms with Gasteiger partial charge in [0, 0.05) is 6.54 Å². The van der Waals surface area contributed by atoms with Crippen molar-refractivity contribution >= 4 is 10.0 Å². The first-order valence-corrected chi connectivity index (χ1v) is 7.47. The zero-order valence-corrected chi connectivity index (χ0v) is 11.7. The third-order valence-corrected chi connectivity index (χ3v) is 4.00. The van der Waals surface area contributed by atoms with Crippen LogP contribution in [0.3, 0.4) is 0 Å². The number of benzene rings is 1. The van der Waals surface area contributed by atoms with Crippen LogP contribution in [-0.2, 0) is 23.1 Å². The van der Waals surface area contributed by atoms with Crippen LogP contribution < -0.4 is 10.0 Å². The standard InChI is InChI=1S/C13H15FN2O3S/c1-15-20(17,18)13-7-6-12(19-13)9-16-8-10-2-4-11(14)5-3-10/h2-7,15-16H,8-9H2,1H3. The topological polar surface area (TPSA) is 71.3 Å². The molecule has 2 N–H and O–H groups in total. The molecule has 0 bridgehead atoms. The molecule has 0 radical (unpaired) electrons. The van der Waals surface area contributed by atoms with Crippen molar-refractivity contribution in [2.75, 3.05) is 7.05 Å². The Kier molecular flexibility index (Phi) is 4.53. The monoisotopic (exact) mass is 298 g/mol. The van der Waals surface area contributed by atoms with E-state index in [0.717, 1.165) is 5.56 Å². The maximum atomic E-state index is 12.7.